The highest BCUT2D eigenvalue weighted by atomic mass is 19.1. The molecule has 0 spiro atoms. The van der Waals surface area contributed by atoms with Crippen LogP contribution in [0.15, 0.2) is 18.2 Å². The molecule has 0 radical (unpaired) electrons. The topological polar surface area (TPSA) is 12.0 Å². The van der Waals surface area contributed by atoms with Crippen LogP contribution in [0.2, 0.25) is 0 Å². The van der Waals surface area contributed by atoms with E-state index >= 15 is 0 Å². The van der Waals surface area contributed by atoms with Crippen LogP contribution in [0.4, 0.5) is 4.39 Å². The number of likely N-dealkylation sites (N-methyl/N-ethyl adjacent to an activating group) is 1. The van der Waals surface area contributed by atoms with Crippen molar-refractivity contribution in [3.8, 4) is 0 Å². The van der Waals surface area contributed by atoms with E-state index in [-0.39, 0.29) is 5.82 Å². The predicted octanol–water partition coefficient (Wildman–Crippen LogP) is 4.63. The van der Waals surface area contributed by atoms with Crippen molar-refractivity contribution >= 4 is 0 Å². The van der Waals surface area contributed by atoms with Gasteiger partial charge in [0.1, 0.15) is 5.82 Å². The fourth-order valence-electron chi connectivity index (χ4n) is 3.51. The quantitative estimate of drug-likeness (QED) is 0.774. The van der Waals surface area contributed by atoms with Gasteiger partial charge in [-0.25, -0.2) is 4.39 Å². The third kappa shape index (κ3) is 4.31. The lowest BCUT2D eigenvalue weighted by atomic mass is 9.86. The molecule has 20 heavy (non-hydrogen) atoms. The van der Waals surface area contributed by atoms with Crippen molar-refractivity contribution in [3.63, 3.8) is 0 Å². The van der Waals surface area contributed by atoms with Gasteiger partial charge in [0.2, 0.25) is 0 Å². The molecule has 1 aliphatic rings. The maximum absolute atomic E-state index is 13.2. The maximum atomic E-state index is 13.2. The third-order valence-electron chi connectivity index (χ3n) is 4.68. The minimum atomic E-state index is -0.124. The van der Waals surface area contributed by atoms with Gasteiger partial charge in [-0.15, -0.1) is 0 Å². The molecule has 2 rings (SSSR count). The van der Waals surface area contributed by atoms with Gasteiger partial charge in [0, 0.05) is 6.04 Å². The molecule has 1 unspecified atom stereocenters. The van der Waals surface area contributed by atoms with Crippen LogP contribution < -0.4 is 5.32 Å². The first-order valence-electron chi connectivity index (χ1n) is 8.19. The molecule has 112 valence electrons. The molecule has 0 amide bonds. The molecule has 0 heterocycles. The van der Waals surface area contributed by atoms with E-state index in [9.17, 15) is 4.39 Å². The van der Waals surface area contributed by atoms with Crippen molar-refractivity contribution in [2.24, 2.45) is 5.92 Å². The predicted molar refractivity (Wildman–Crippen MR) is 83.5 cm³/mol. The SMILES string of the molecule is CCNC(Cc1ccc(F)cc1C)C1CCCCCC1. The van der Waals surface area contributed by atoms with Crippen molar-refractivity contribution in [1.82, 2.24) is 5.32 Å². The summed E-state index contributed by atoms with van der Waals surface area (Å²) in [5, 5.41) is 3.68. The van der Waals surface area contributed by atoms with E-state index in [1.165, 1.54) is 44.1 Å². The van der Waals surface area contributed by atoms with Crippen LogP contribution in [-0.4, -0.2) is 12.6 Å². The Balaban J connectivity index is 2.07. The lowest BCUT2D eigenvalue weighted by Gasteiger charge is -2.27. The summed E-state index contributed by atoms with van der Waals surface area (Å²) in [4.78, 5) is 0. The summed E-state index contributed by atoms with van der Waals surface area (Å²) in [6.07, 6.45) is 9.25. The summed E-state index contributed by atoms with van der Waals surface area (Å²) in [5.41, 5.74) is 2.38. The van der Waals surface area contributed by atoms with Gasteiger partial charge in [0.15, 0.2) is 0 Å². The van der Waals surface area contributed by atoms with Crippen LogP contribution in [0.1, 0.15) is 56.6 Å². The minimum Gasteiger partial charge on any atom is -0.314 e. The number of hydrogen-bond acceptors (Lipinski definition) is 1. The second-order valence-corrected chi connectivity index (χ2v) is 6.19. The van der Waals surface area contributed by atoms with Gasteiger partial charge < -0.3 is 5.32 Å². The first kappa shape index (κ1) is 15.5. The van der Waals surface area contributed by atoms with Crippen molar-refractivity contribution in [2.75, 3.05) is 6.54 Å². The molecule has 0 aliphatic heterocycles. The van der Waals surface area contributed by atoms with Gasteiger partial charge in [-0.05, 0) is 61.9 Å². The zero-order valence-corrected chi connectivity index (χ0v) is 12.9. The first-order valence-corrected chi connectivity index (χ1v) is 8.19. The van der Waals surface area contributed by atoms with E-state index in [0.29, 0.717) is 6.04 Å². The molecule has 0 aromatic heterocycles. The number of hydrogen-bond donors (Lipinski definition) is 1. The van der Waals surface area contributed by atoms with Crippen LogP contribution in [0, 0.1) is 18.7 Å². The molecule has 1 fully saturated rings. The Morgan fingerprint density at radius 1 is 1.20 bits per heavy atom. The Hall–Kier alpha value is -0.890. The molecular weight excluding hydrogens is 249 g/mol. The monoisotopic (exact) mass is 277 g/mol. The van der Waals surface area contributed by atoms with E-state index in [1.807, 2.05) is 13.0 Å². The summed E-state index contributed by atoms with van der Waals surface area (Å²) in [5.74, 6) is 0.655. The molecule has 0 bridgehead atoms. The fraction of sp³-hybridized carbons (Fsp3) is 0.667. The second-order valence-electron chi connectivity index (χ2n) is 6.19. The van der Waals surface area contributed by atoms with Crippen molar-refractivity contribution < 1.29 is 4.39 Å². The standard InChI is InChI=1S/C18H28FN/c1-3-20-18(15-8-6-4-5-7-9-15)13-16-10-11-17(19)12-14(16)2/h10-12,15,18,20H,3-9,13H2,1-2H3. The van der Waals surface area contributed by atoms with Crippen molar-refractivity contribution in [1.29, 1.82) is 0 Å². The van der Waals surface area contributed by atoms with Crippen LogP contribution in [0.25, 0.3) is 0 Å². The maximum Gasteiger partial charge on any atom is 0.123 e. The zero-order valence-electron chi connectivity index (χ0n) is 12.9. The third-order valence-corrected chi connectivity index (χ3v) is 4.68. The average molecular weight is 277 g/mol. The Labute approximate surface area is 123 Å². The van der Waals surface area contributed by atoms with Crippen LogP contribution in [-0.2, 0) is 6.42 Å². The fourth-order valence-corrected chi connectivity index (χ4v) is 3.51. The zero-order chi connectivity index (χ0) is 14.4. The summed E-state index contributed by atoms with van der Waals surface area (Å²) >= 11 is 0. The largest absolute Gasteiger partial charge is 0.314 e. The average Bonchev–Trinajstić information content (AvgIpc) is 2.70. The van der Waals surface area contributed by atoms with Crippen molar-refractivity contribution in [2.45, 2.75) is 64.8 Å². The smallest absolute Gasteiger partial charge is 0.123 e. The van der Waals surface area contributed by atoms with Gasteiger partial charge >= 0.3 is 0 Å². The first-order chi connectivity index (χ1) is 9.70. The summed E-state index contributed by atoms with van der Waals surface area (Å²) < 4.78 is 13.2. The van der Waals surface area contributed by atoms with Gasteiger partial charge in [-0.1, -0.05) is 38.7 Å². The minimum absolute atomic E-state index is 0.124. The summed E-state index contributed by atoms with van der Waals surface area (Å²) in [6.45, 7) is 5.22. The molecule has 1 aromatic carbocycles. The van der Waals surface area contributed by atoms with Crippen LogP contribution in [0.5, 0.6) is 0 Å². The molecule has 1 aliphatic carbocycles. The number of aryl methyl sites for hydroxylation is 1. The van der Waals surface area contributed by atoms with Gasteiger partial charge in [0.05, 0.1) is 0 Å². The van der Waals surface area contributed by atoms with Crippen molar-refractivity contribution in [3.05, 3.63) is 35.1 Å². The highest BCUT2D eigenvalue weighted by molar-refractivity contribution is 5.27. The molecule has 1 saturated carbocycles. The second kappa shape index (κ2) is 7.78. The number of rotatable bonds is 5. The van der Waals surface area contributed by atoms with E-state index in [4.69, 9.17) is 0 Å². The van der Waals surface area contributed by atoms with E-state index < -0.39 is 0 Å². The Morgan fingerprint density at radius 3 is 2.50 bits per heavy atom. The number of nitrogens with one attached hydrogen (secondary N) is 1. The van der Waals surface area contributed by atoms with E-state index in [0.717, 1.165) is 24.4 Å². The Morgan fingerprint density at radius 2 is 1.90 bits per heavy atom. The van der Waals surface area contributed by atoms with E-state index in [2.05, 4.69) is 12.2 Å². The molecule has 1 N–H and O–H groups in total. The molecule has 1 nitrogen and oxygen atoms in total. The lowest BCUT2D eigenvalue weighted by Crippen LogP contribution is -2.38. The summed E-state index contributed by atoms with van der Waals surface area (Å²) in [6, 6.07) is 5.76. The molecule has 0 saturated heterocycles. The molecule has 1 atom stereocenters. The van der Waals surface area contributed by atoms with E-state index in [1.54, 1.807) is 12.1 Å². The Kier molecular flexibility index (Phi) is 6.03. The number of benzene rings is 1. The highest BCUT2D eigenvalue weighted by Gasteiger charge is 2.22. The normalized spacial score (nSPS) is 18.8. The van der Waals surface area contributed by atoms with Gasteiger partial charge in [0.25, 0.3) is 0 Å². The molecular formula is C18H28FN. The highest BCUT2D eigenvalue weighted by Crippen LogP contribution is 2.27. The van der Waals surface area contributed by atoms with Crippen LogP contribution >= 0.6 is 0 Å². The van der Waals surface area contributed by atoms with Gasteiger partial charge in [-0.3, -0.25) is 0 Å². The van der Waals surface area contributed by atoms with Gasteiger partial charge in [-0.2, -0.15) is 0 Å². The van der Waals surface area contributed by atoms with Crippen LogP contribution in [0.3, 0.4) is 0 Å². The molecule has 2 heteroatoms. The molecule has 1 aromatic rings. The summed E-state index contributed by atoms with van der Waals surface area (Å²) in [7, 11) is 0. The number of halogens is 1. The Bertz CT molecular complexity index is 408. The lowest BCUT2D eigenvalue weighted by molar-refractivity contribution is 0.321.